The zero-order valence-electron chi connectivity index (χ0n) is 15.9. The summed E-state index contributed by atoms with van der Waals surface area (Å²) in [5.74, 6) is 0.709. The lowest BCUT2D eigenvalue weighted by atomic mass is 9.90. The second kappa shape index (κ2) is 7.51. The normalized spacial score (nSPS) is 26.6. The zero-order valence-corrected chi connectivity index (χ0v) is 16.7. The molecule has 1 atom stereocenters. The molecule has 1 aromatic carbocycles. The van der Waals surface area contributed by atoms with Gasteiger partial charge < -0.3 is 9.47 Å². The van der Waals surface area contributed by atoms with Gasteiger partial charge in [-0.3, -0.25) is 4.90 Å². The summed E-state index contributed by atoms with van der Waals surface area (Å²) in [4.78, 5) is 2.55. The van der Waals surface area contributed by atoms with E-state index in [1.807, 2.05) is 0 Å². The number of hydrogen-bond donors (Lipinski definition) is 0. The number of ether oxygens (including phenoxy) is 2. The molecule has 0 bridgehead atoms. The summed E-state index contributed by atoms with van der Waals surface area (Å²) < 4.78 is 61.7. The van der Waals surface area contributed by atoms with Crippen molar-refractivity contribution in [3.8, 4) is 5.75 Å². The van der Waals surface area contributed by atoms with Gasteiger partial charge in [-0.15, -0.1) is 0 Å². The molecule has 3 aliphatic heterocycles. The van der Waals surface area contributed by atoms with Gasteiger partial charge in [0.05, 0.1) is 17.1 Å². The highest BCUT2D eigenvalue weighted by Gasteiger charge is 2.54. The van der Waals surface area contributed by atoms with Crippen molar-refractivity contribution in [3.63, 3.8) is 0 Å². The second-order valence-corrected chi connectivity index (χ2v) is 10.1. The molecule has 0 aromatic heterocycles. The number of piperidine rings is 1. The average Bonchev–Trinajstić information content (AvgIpc) is 3.07. The first-order valence-corrected chi connectivity index (χ1v) is 11.1. The highest BCUT2D eigenvalue weighted by atomic mass is 32.2. The molecule has 1 unspecified atom stereocenters. The Bertz CT molecular complexity index is 789. The predicted octanol–water partition coefficient (Wildman–Crippen LogP) is 2.55. The first-order chi connectivity index (χ1) is 13.3. The first-order valence-electron chi connectivity index (χ1n) is 9.70. The molecule has 3 heterocycles. The minimum atomic E-state index is -3.66. The second-order valence-electron chi connectivity index (χ2n) is 8.19. The number of benzene rings is 1. The molecule has 0 radical (unpaired) electrons. The number of hydrogen-bond acceptors (Lipinski definition) is 5. The third-order valence-corrected chi connectivity index (χ3v) is 7.95. The van der Waals surface area contributed by atoms with Crippen molar-refractivity contribution in [1.29, 1.82) is 0 Å². The van der Waals surface area contributed by atoms with Gasteiger partial charge in [0.1, 0.15) is 5.75 Å². The molecule has 0 amide bonds. The summed E-state index contributed by atoms with van der Waals surface area (Å²) >= 11 is 0. The molecule has 9 heteroatoms. The SMILES string of the molecule is CC1CCN(C2COC3(C2)CN(S(=O)(=O)c2ccc(OC(F)F)cc2)C3)CC1. The number of nitrogens with zero attached hydrogens (tertiary/aromatic N) is 2. The van der Waals surface area contributed by atoms with Crippen LogP contribution in [0.15, 0.2) is 29.2 Å². The van der Waals surface area contributed by atoms with Crippen LogP contribution in [-0.2, 0) is 14.8 Å². The Hall–Kier alpha value is -1.29. The van der Waals surface area contributed by atoms with Crippen molar-refractivity contribution in [2.45, 2.75) is 49.3 Å². The molecule has 0 aliphatic carbocycles. The molecule has 0 saturated carbocycles. The van der Waals surface area contributed by atoms with E-state index in [1.165, 1.54) is 41.4 Å². The average molecular weight is 416 g/mol. The smallest absolute Gasteiger partial charge is 0.387 e. The summed E-state index contributed by atoms with van der Waals surface area (Å²) in [6.45, 7) is 2.85. The highest BCUT2D eigenvalue weighted by molar-refractivity contribution is 7.89. The van der Waals surface area contributed by atoms with Crippen LogP contribution in [0, 0.1) is 5.92 Å². The lowest BCUT2D eigenvalue weighted by molar-refractivity contribution is -0.0775. The monoisotopic (exact) mass is 416 g/mol. The number of alkyl halides is 2. The summed E-state index contributed by atoms with van der Waals surface area (Å²) in [6, 6.07) is 5.45. The van der Waals surface area contributed by atoms with E-state index in [4.69, 9.17) is 4.74 Å². The Balaban J connectivity index is 1.35. The maximum absolute atomic E-state index is 12.8. The Morgan fingerprint density at radius 3 is 2.43 bits per heavy atom. The molecule has 3 fully saturated rings. The van der Waals surface area contributed by atoms with Crippen molar-refractivity contribution in [1.82, 2.24) is 9.21 Å². The van der Waals surface area contributed by atoms with Gasteiger partial charge in [-0.05, 0) is 62.5 Å². The Morgan fingerprint density at radius 1 is 1.18 bits per heavy atom. The number of halogens is 2. The van der Waals surface area contributed by atoms with E-state index in [1.54, 1.807) is 0 Å². The van der Waals surface area contributed by atoms with Crippen LogP contribution in [0.5, 0.6) is 5.75 Å². The van der Waals surface area contributed by atoms with Crippen LogP contribution in [0.3, 0.4) is 0 Å². The molecule has 28 heavy (non-hydrogen) atoms. The Morgan fingerprint density at radius 2 is 1.82 bits per heavy atom. The van der Waals surface area contributed by atoms with Crippen molar-refractivity contribution < 1.29 is 26.7 Å². The van der Waals surface area contributed by atoms with Crippen LogP contribution < -0.4 is 4.74 Å². The molecule has 3 aliphatic rings. The molecule has 1 spiro atoms. The third-order valence-electron chi connectivity index (χ3n) is 6.14. The van der Waals surface area contributed by atoms with E-state index in [2.05, 4.69) is 16.6 Å². The Labute approximate surface area is 164 Å². The fourth-order valence-electron chi connectivity index (χ4n) is 4.38. The third kappa shape index (κ3) is 3.90. The quantitative estimate of drug-likeness (QED) is 0.738. The topological polar surface area (TPSA) is 59.1 Å². The van der Waals surface area contributed by atoms with E-state index < -0.39 is 16.6 Å². The van der Waals surface area contributed by atoms with Crippen LogP contribution in [0.1, 0.15) is 26.2 Å². The van der Waals surface area contributed by atoms with Gasteiger partial charge in [0.25, 0.3) is 0 Å². The van der Waals surface area contributed by atoms with Gasteiger partial charge in [0.15, 0.2) is 0 Å². The van der Waals surface area contributed by atoms with Crippen molar-refractivity contribution in [2.75, 3.05) is 32.8 Å². The lowest BCUT2D eigenvalue weighted by Crippen LogP contribution is -2.63. The van der Waals surface area contributed by atoms with E-state index in [-0.39, 0.29) is 16.2 Å². The van der Waals surface area contributed by atoms with Gasteiger partial charge >= 0.3 is 6.61 Å². The molecule has 156 valence electrons. The van der Waals surface area contributed by atoms with Gasteiger partial charge in [0.2, 0.25) is 10.0 Å². The molecule has 3 saturated heterocycles. The standard InChI is InChI=1S/C19H26F2N2O4S/c1-14-6-8-22(9-7-14)15-10-19(26-11-15)12-23(13-19)28(24,25)17-4-2-16(3-5-17)27-18(20)21/h2-5,14-15,18H,6-13H2,1H3. The molecule has 4 rings (SSSR count). The van der Waals surface area contributed by atoms with Crippen LogP contribution in [0.4, 0.5) is 8.78 Å². The molecular formula is C19H26F2N2O4S. The largest absolute Gasteiger partial charge is 0.435 e. The summed E-state index contributed by atoms with van der Waals surface area (Å²) in [6.07, 6.45) is 3.26. The van der Waals surface area contributed by atoms with E-state index >= 15 is 0 Å². The summed E-state index contributed by atoms with van der Waals surface area (Å²) in [5, 5.41) is 0. The van der Waals surface area contributed by atoms with Crippen LogP contribution in [0.25, 0.3) is 0 Å². The van der Waals surface area contributed by atoms with Gasteiger partial charge in [-0.1, -0.05) is 6.92 Å². The fraction of sp³-hybridized carbons (Fsp3) is 0.684. The highest BCUT2D eigenvalue weighted by Crippen LogP contribution is 2.40. The minimum Gasteiger partial charge on any atom is -0.435 e. The van der Waals surface area contributed by atoms with Gasteiger partial charge in [-0.2, -0.15) is 13.1 Å². The maximum atomic E-state index is 12.8. The molecular weight excluding hydrogens is 390 g/mol. The number of likely N-dealkylation sites (tertiary alicyclic amines) is 1. The van der Waals surface area contributed by atoms with E-state index in [0.29, 0.717) is 25.7 Å². The summed E-state index contributed by atoms with van der Waals surface area (Å²) in [7, 11) is -3.66. The van der Waals surface area contributed by atoms with Crippen LogP contribution in [-0.4, -0.2) is 68.7 Å². The predicted molar refractivity (Wildman–Crippen MR) is 98.9 cm³/mol. The first kappa shape index (κ1) is 20.0. The van der Waals surface area contributed by atoms with Gasteiger partial charge in [-0.25, -0.2) is 8.42 Å². The van der Waals surface area contributed by atoms with Crippen LogP contribution in [0.2, 0.25) is 0 Å². The number of sulfonamides is 1. The zero-order chi connectivity index (χ0) is 19.9. The lowest BCUT2D eigenvalue weighted by Gasteiger charge is -2.46. The van der Waals surface area contributed by atoms with E-state index in [9.17, 15) is 17.2 Å². The van der Waals surface area contributed by atoms with Crippen molar-refractivity contribution >= 4 is 10.0 Å². The van der Waals surface area contributed by atoms with Crippen molar-refractivity contribution in [3.05, 3.63) is 24.3 Å². The fourth-order valence-corrected chi connectivity index (χ4v) is 5.97. The minimum absolute atomic E-state index is 0.0631. The van der Waals surface area contributed by atoms with Gasteiger partial charge in [0, 0.05) is 19.1 Å². The molecule has 1 aromatic rings. The van der Waals surface area contributed by atoms with Crippen molar-refractivity contribution in [2.24, 2.45) is 5.92 Å². The van der Waals surface area contributed by atoms with Crippen LogP contribution >= 0.6 is 0 Å². The maximum Gasteiger partial charge on any atom is 0.387 e. The summed E-state index contributed by atoms with van der Waals surface area (Å²) in [5.41, 5.74) is -0.389. The van der Waals surface area contributed by atoms with E-state index in [0.717, 1.165) is 25.4 Å². The number of rotatable bonds is 5. The Kier molecular flexibility index (Phi) is 5.37. The molecule has 6 nitrogen and oxygen atoms in total. The molecule has 0 N–H and O–H groups in total.